The molecule has 1 aromatic carbocycles. The summed E-state index contributed by atoms with van der Waals surface area (Å²) in [7, 11) is 2.03. The van der Waals surface area contributed by atoms with E-state index >= 15 is 0 Å². The van der Waals surface area contributed by atoms with E-state index in [1.807, 2.05) is 13.1 Å². The Morgan fingerprint density at radius 3 is 2.73 bits per heavy atom. The Morgan fingerprint density at radius 2 is 2.07 bits per heavy atom. The lowest BCUT2D eigenvalue weighted by atomic mass is 10.2. The van der Waals surface area contributed by atoms with Gasteiger partial charge in [-0.05, 0) is 31.9 Å². The van der Waals surface area contributed by atoms with Crippen molar-refractivity contribution >= 4 is 0 Å². The summed E-state index contributed by atoms with van der Waals surface area (Å²) in [5.74, 6) is 0. The molecule has 0 saturated heterocycles. The maximum Gasteiger partial charge on any atom is 0.0720 e. The first kappa shape index (κ1) is 10.7. The minimum Gasteiger partial charge on any atom is -0.373 e. The average Bonchev–Trinajstić information content (AvgIpc) is 2.76. The van der Waals surface area contributed by atoms with E-state index in [0.29, 0.717) is 12.1 Å². The first-order valence-electron chi connectivity index (χ1n) is 5.71. The van der Waals surface area contributed by atoms with Crippen LogP contribution >= 0.6 is 0 Å². The molecule has 1 aliphatic rings. The molecule has 1 N–H and O–H groups in total. The minimum atomic E-state index is 0.447. The largest absolute Gasteiger partial charge is 0.373 e. The smallest absolute Gasteiger partial charge is 0.0720 e. The van der Waals surface area contributed by atoms with E-state index in [2.05, 4.69) is 29.6 Å². The molecule has 2 heteroatoms. The van der Waals surface area contributed by atoms with Crippen molar-refractivity contribution in [3.8, 4) is 0 Å². The predicted molar refractivity (Wildman–Crippen MR) is 61.7 cm³/mol. The molecule has 2 unspecified atom stereocenters. The third-order valence-corrected chi connectivity index (χ3v) is 3.12. The van der Waals surface area contributed by atoms with Crippen LogP contribution in [0.15, 0.2) is 30.3 Å². The number of hydrogen-bond donors (Lipinski definition) is 1. The number of ether oxygens (including phenoxy) is 1. The molecule has 2 nitrogen and oxygen atoms in total. The number of hydrogen-bond acceptors (Lipinski definition) is 2. The molecule has 2 atom stereocenters. The third-order valence-electron chi connectivity index (χ3n) is 3.12. The van der Waals surface area contributed by atoms with Crippen LogP contribution in [0.25, 0.3) is 0 Å². The molecule has 0 radical (unpaired) electrons. The van der Waals surface area contributed by atoms with Crippen molar-refractivity contribution < 1.29 is 4.74 Å². The number of benzene rings is 1. The summed E-state index contributed by atoms with van der Waals surface area (Å²) in [5, 5.41) is 3.31. The van der Waals surface area contributed by atoms with Gasteiger partial charge >= 0.3 is 0 Å². The average molecular weight is 205 g/mol. The summed E-state index contributed by atoms with van der Waals surface area (Å²) >= 11 is 0. The van der Waals surface area contributed by atoms with Crippen molar-refractivity contribution in [2.45, 2.75) is 38.0 Å². The van der Waals surface area contributed by atoms with E-state index < -0.39 is 0 Å². The van der Waals surface area contributed by atoms with Crippen molar-refractivity contribution in [2.24, 2.45) is 0 Å². The van der Waals surface area contributed by atoms with Gasteiger partial charge in [-0.1, -0.05) is 30.3 Å². The first-order chi connectivity index (χ1) is 7.38. The molecular formula is C13H19NO. The van der Waals surface area contributed by atoms with E-state index in [4.69, 9.17) is 4.74 Å². The second-order valence-corrected chi connectivity index (χ2v) is 4.22. The highest BCUT2D eigenvalue weighted by Gasteiger charge is 2.23. The highest BCUT2D eigenvalue weighted by atomic mass is 16.5. The Morgan fingerprint density at radius 1 is 1.27 bits per heavy atom. The summed E-state index contributed by atoms with van der Waals surface area (Å²) < 4.78 is 5.88. The Kier molecular flexibility index (Phi) is 3.75. The Bertz CT molecular complexity index is 286. The third kappa shape index (κ3) is 3.05. The van der Waals surface area contributed by atoms with Gasteiger partial charge in [-0.15, -0.1) is 0 Å². The van der Waals surface area contributed by atoms with E-state index in [1.54, 1.807) is 0 Å². The summed E-state index contributed by atoms with van der Waals surface area (Å²) in [6, 6.07) is 11.0. The number of rotatable bonds is 4. The summed E-state index contributed by atoms with van der Waals surface area (Å²) in [5.41, 5.74) is 1.27. The summed E-state index contributed by atoms with van der Waals surface area (Å²) in [6.45, 7) is 0.752. The predicted octanol–water partition coefficient (Wildman–Crippen LogP) is 2.34. The molecule has 0 amide bonds. The SMILES string of the molecule is CNC1CCC(OCc2ccccc2)C1. The normalized spacial score (nSPS) is 25.7. The van der Waals surface area contributed by atoms with Gasteiger partial charge in [0.25, 0.3) is 0 Å². The van der Waals surface area contributed by atoms with Crippen molar-refractivity contribution in [1.29, 1.82) is 0 Å². The van der Waals surface area contributed by atoms with Gasteiger partial charge in [-0.25, -0.2) is 0 Å². The molecule has 1 aromatic rings. The maximum absolute atomic E-state index is 5.88. The van der Waals surface area contributed by atoms with E-state index in [0.717, 1.165) is 13.0 Å². The van der Waals surface area contributed by atoms with Crippen LogP contribution < -0.4 is 5.32 Å². The standard InChI is InChI=1S/C13H19NO/c1-14-12-7-8-13(9-12)15-10-11-5-3-2-4-6-11/h2-6,12-14H,7-10H2,1H3. The van der Waals surface area contributed by atoms with Gasteiger partial charge < -0.3 is 10.1 Å². The highest BCUT2D eigenvalue weighted by molar-refractivity contribution is 5.13. The molecule has 0 spiro atoms. The maximum atomic E-state index is 5.88. The molecule has 1 fully saturated rings. The molecule has 0 aromatic heterocycles. The van der Waals surface area contributed by atoms with Gasteiger partial charge in [0.05, 0.1) is 12.7 Å². The van der Waals surface area contributed by atoms with Gasteiger partial charge in [0.15, 0.2) is 0 Å². The van der Waals surface area contributed by atoms with Crippen molar-refractivity contribution in [3.05, 3.63) is 35.9 Å². The molecule has 1 saturated carbocycles. The molecular weight excluding hydrogens is 186 g/mol. The topological polar surface area (TPSA) is 21.3 Å². The van der Waals surface area contributed by atoms with E-state index in [1.165, 1.54) is 18.4 Å². The lowest BCUT2D eigenvalue weighted by Crippen LogP contribution is -2.22. The summed E-state index contributed by atoms with van der Waals surface area (Å²) in [6.07, 6.45) is 4.04. The van der Waals surface area contributed by atoms with Crippen LogP contribution in [0.4, 0.5) is 0 Å². The Balaban J connectivity index is 1.75. The van der Waals surface area contributed by atoms with Crippen LogP contribution in [0.1, 0.15) is 24.8 Å². The quantitative estimate of drug-likeness (QED) is 0.814. The van der Waals surface area contributed by atoms with Crippen LogP contribution in [0.2, 0.25) is 0 Å². The van der Waals surface area contributed by atoms with Crippen LogP contribution in [0, 0.1) is 0 Å². The Hall–Kier alpha value is -0.860. The molecule has 15 heavy (non-hydrogen) atoms. The molecule has 82 valence electrons. The molecule has 0 aliphatic heterocycles. The Labute approximate surface area is 91.6 Å². The zero-order valence-electron chi connectivity index (χ0n) is 9.28. The molecule has 0 bridgehead atoms. The van der Waals surface area contributed by atoms with Crippen molar-refractivity contribution in [2.75, 3.05) is 7.05 Å². The van der Waals surface area contributed by atoms with E-state index in [-0.39, 0.29) is 0 Å². The fraction of sp³-hybridized carbons (Fsp3) is 0.538. The molecule has 2 rings (SSSR count). The lowest BCUT2D eigenvalue weighted by molar-refractivity contribution is 0.0443. The molecule has 1 aliphatic carbocycles. The summed E-state index contributed by atoms with van der Waals surface area (Å²) in [4.78, 5) is 0. The van der Waals surface area contributed by atoms with Crippen LogP contribution in [0.5, 0.6) is 0 Å². The first-order valence-corrected chi connectivity index (χ1v) is 5.71. The highest BCUT2D eigenvalue weighted by Crippen LogP contribution is 2.22. The van der Waals surface area contributed by atoms with Crippen molar-refractivity contribution in [1.82, 2.24) is 5.32 Å². The van der Waals surface area contributed by atoms with E-state index in [9.17, 15) is 0 Å². The fourth-order valence-electron chi connectivity index (χ4n) is 2.14. The van der Waals surface area contributed by atoms with Gasteiger partial charge in [-0.2, -0.15) is 0 Å². The minimum absolute atomic E-state index is 0.447. The monoisotopic (exact) mass is 205 g/mol. The lowest BCUT2D eigenvalue weighted by Gasteiger charge is -2.12. The van der Waals surface area contributed by atoms with Gasteiger partial charge in [0, 0.05) is 6.04 Å². The molecule has 0 heterocycles. The van der Waals surface area contributed by atoms with Gasteiger partial charge in [0.1, 0.15) is 0 Å². The van der Waals surface area contributed by atoms with Crippen LogP contribution in [-0.4, -0.2) is 19.2 Å². The van der Waals surface area contributed by atoms with Gasteiger partial charge in [0.2, 0.25) is 0 Å². The van der Waals surface area contributed by atoms with Gasteiger partial charge in [-0.3, -0.25) is 0 Å². The van der Waals surface area contributed by atoms with Crippen LogP contribution in [-0.2, 0) is 11.3 Å². The fourth-order valence-corrected chi connectivity index (χ4v) is 2.14. The van der Waals surface area contributed by atoms with Crippen molar-refractivity contribution in [3.63, 3.8) is 0 Å². The zero-order chi connectivity index (χ0) is 10.5. The number of nitrogens with one attached hydrogen (secondary N) is 1. The van der Waals surface area contributed by atoms with Crippen LogP contribution in [0.3, 0.4) is 0 Å². The second-order valence-electron chi connectivity index (χ2n) is 4.22. The zero-order valence-corrected chi connectivity index (χ0v) is 9.28. The second kappa shape index (κ2) is 5.29.